The Morgan fingerprint density at radius 2 is 1.81 bits per heavy atom. The lowest BCUT2D eigenvalue weighted by Crippen LogP contribution is -2.10. The molecule has 2 N–H and O–H groups in total. The quantitative estimate of drug-likeness (QED) is 0.589. The lowest BCUT2D eigenvalue weighted by molar-refractivity contribution is 0.0527. The number of rotatable bonds is 8. The number of nitrogens with one attached hydrogen (secondary N) is 2. The van der Waals surface area contributed by atoms with Gasteiger partial charge >= 0.3 is 5.97 Å². The summed E-state index contributed by atoms with van der Waals surface area (Å²) in [4.78, 5) is 20.8. The Morgan fingerprint density at radius 1 is 1.04 bits per heavy atom. The van der Waals surface area contributed by atoms with E-state index >= 15 is 0 Å². The number of esters is 1. The molecular weight excluding hydrogens is 340 g/mol. The van der Waals surface area contributed by atoms with E-state index in [0.717, 1.165) is 18.8 Å². The Kier molecular flexibility index (Phi) is 6.35. The molecule has 3 rings (SSSR count). The van der Waals surface area contributed by atoms with Crippen LogP contribution in [0.5, 0.6) is 0 Å². The first-order valence-electron chi connectivity index (χ1n) is 8.90. The van der Waals surface area contributed by atoms with Crippen LogP contribution in [0.1, 0.15) is 22.8 Å². The van der Waals surface area contributed by atoms with Gasteiger partial charge in [-0.3, -0.25) is 0 Å². The van der Waals surface area contributed by atoms with Gasteiger partial charge in [-0.2, -0.15) is 4.98 Å². The van der Waals surface area contributed by atoms with Crippen molar-refractivity contribution >= 4 is 23.4 Å². The maximum atomic E-state index is 12.1. The summed E-state index contributed by atoms with van der Waals surface area (Å²) in [5.74, 6) is 0.756. The minimum absolute atomic E-state index is 0.324. The van der Waals surface area contributed by atoms with E-state index in [9.17, 15) is 4.79 Å². The number of aromatic nitrogens is 2. The largest absolute Gasteiger partial charge is 0.462 e. The summed E-state index contributed by atoms with van der Waals surface area (Å²) in [5, 5.41) is 6.39. The molecule has 3 aromatic rings. The second-order valence-corrected chi connectivity index (χ2v) is 5.82. The first-order chi connectivity index (χ1) is 13.3. The number of carbonyl (C=O) groups is 1. The van der Waals surface area contributed by atoms with Crippen LogP contribution in [0.3, 0.4) is 0 Å². The Labute approximate surface area is 158 Å². The Balaban J connectivity index is 1.65. The standard InChI is InChI=1S/C21H22N4O2/c1-2-27-20(26)17-10-6-7-11-18(17)24-21-23-15-13-19(25-21)22-14-12-16-8-4-3-5-9-16/h3-11,13,15H,2,12,14H2,1H3,(H2,22,23,24,25). The van der Waals surface area contributed by atoms with Crippen molar-refractivity contribution in [1.29, 1.82) is 0 Å². The minimum atomic E-state index is -0.377. The van der Waals surface area contributed by atoms with Crippen molar-refractivity contribution < 1.29 is 9.53 Å². The second-order valence-electron chi connectivity index (χ2n) is 5.82. The third kappa shape index (κ3) is 5.28. The smallest absolute Gasteiger partial charge is 0.340 e. The zero-order valence-corrected chi connectivity index (χ0v) is 15.2. The summed E-state index contributed by atoms with van der Waals surface area (Å²) in [7, 11) is 0. The normalized spacial score (nSPS) is 10.3. The highest BCUT2D eigenvalue weighted by atomic mass is 16.5. The topological polar surface area (TPSA) is 76.1 Å². The average molecular weight is 362 g/mol. The first kappa shape index (κ1) is 18.4. The molecule has 0 bridgehead atoms. The summed E-state index contributed by atoms with van der Waals surface area (Å²) >= 11 is 0. The molecule has 6 nitrogen and oxygen atoms in total. The van der Waals surface area contributed by atoms with Crippen molar-refractivity contribution in [2.45, 2.75) is 13.3 Å². The third-order valence-electron chi connectivity index (χ3n) is 3.89. The van der Waals surface area contributed by atoms with Gasteiger partial charge in [0.15, 0.2) is 0 Å². The molecule has 27 heavy (non-hydrogen) atoms. The number of carbonyl (C=O) groups excluding carboxylic acids is 1. The van der Waals surface area contributed by atoms with Crippen molar-refractivity contribution in [3.63, 3.8) is 0 Å². The second kappa shape index (κ2) is 9.33. The summed E-state index contributed by atoms with van der Waals surface area (Å²) < 4.78 is 5.09. The lowest BCUT2D eigenvalue weighted by atomic mass is 10.1. The maximum Gasteiger partial charge on any atom is 0.340 e. The molecule has 0 aliphatic rings. The van der Waals surface area contributed by atoms with Crippen LogP contribution in [0.15, 0.2) is 66.9 Å². The van der Waals surface area contributed by atoms with Gasteiger partial charge in [-0.25, -0.2) is 9.78 Å². The van der Waals surface area contributed by atoms with Crippen LogP contribution in [0.2, 0.25) is 0 Å². The Bertz CT molecular complexity index is 884. The first-order valence-corrected chi connectivity index (χ1v) is 8.90. The molecule has 2 aromatic carbocycles. The number of anilines is 3. The summed E-state index contributed by atoms with van der Waals surface area (Å²) in [5.41, 5.74) is 2.32. The average Bonchev–Trinajstić information content (AvgIpc) is 2.70. The van der Waals surface area contributed by atoms with Gasteiger partial charge in [-0.15, -0.1) is 0 Å². The monoisotopic (exact) mass is 362 g/mol. The maximum absolute atomic E-state index is 12.1. The SMILES string of the molecule is CCOC(=O)c1ccccc1Nc1nccc(NCCc2ccccc2)n1. The van der Waals surface area contributed by atoms with Crippen molar-refractivity contribution in [2.24, 2.45) is 0 Å². The molecule has 0 radical (unpaired) electrons. The van der Waals surface area contributed by atoms with Crippen molar-refractivity contribution in [3.05, 3.63) is 78.0 Å². The predicted molar refractivity (Wildman–Crippen MR) is 106 cm³/mol. The zero-order valence-electron chi connectivity index (χ0n) is 15.2. The number of benzene rings is 2. The number of hydrogen-bond donors (Lipinski definition) is 2. The van der Waals surface area contributed by atoms with E-state index in [4.69, 9.17) is 4.74 Å². The fraction of sp³-hybridized carbons (Fsp3) is 0.190. The minimum Gasteiger partial charge on any atom is -0.462 e. The zero-order chi connectivity index (χ0) is 18.9. The van der Waals surface area contributed by atoms with Crippen LogP contribution in [-0.4, -0.2) is 29.1 Å². The molecule has 0 atom stereocenters. The highest BCUT2D eigenvalue weighted by molar-refractivity contribution is 5.96. The molecule has 1 aromatic heterocycles. The molecule has 1 heterocycles. The molecule has 0 saturated heterocycles. The van der Waals surface area contributed by atoms with Crippen LogP contribution in [0.25, 0.3) is 0 Å². The molecule has 0 spiro atoms. The molecule has 0 unspecified atom stereocenters. The van der Waals surface area contributed by atoms with Crippen molar-refractivity contribution in [1.82, 2.24) is 9.97 Å². The highest BCUT2D eigenvalue weighted by Gasteiger charge is 2.12. The molecule has 6 heteroatoms. The van der Waals surface area contributed by atoms with E-state index in [0.29, 0.717) is 23.8 Å². The number of para-hydroxylation sites is 1. The molecule has 0 aliphatic heterocycles. The van der Waals surface area contributed by atoms with Crippen LogP contribution in [-0.2, 0) is 11.2 Å². The molecule has 0 saturated carbocycles. The highest BCUT2D eigenvalue weighted by Crippen LogP contribution is 2.20. The van der Waals surface area contributed by atoms with E-state index in [-0.39, 0.29) is 5.97 Å². The number of hydrogen-bond acceptors (Lipinski definition) is 6. The van der Waals surface area contributed by atoms with Gasteiger partial charge in [0.1, 0.15) is 5.82 Å². The van der Waals surface area contributed by atoms with Gasteiger partial charge in [0.2, 0.25) is 5.95 Å². The molecular formula is C21H22N4O2. The Hall–Kier alpha value is -3.41. The van der Waals surface area contributed by atoms with E-state index in [1.54, 1.807) is 31.3 Å². The van der Waals surface area contributed by atoms with Gasteiger partial charge < -0.3 is 15.4 Å². The fourth-order valence-corrected chi connectivity index (χ4v) is 2.60. The van der Waals surface area contributed by atoms with Gasteiger partial charge in [0, 0.05) is 12.7 Å². The van der Waals surface area contributed by atoms with Crippen LogP contribution < -0.4 is 10.6 Å². The number of nitrogens with zero attached hydrogens (tertiary/aromatic N) is 2. The fourth-order valence-electron chi connectivity index (χ4n) is 2.60. The van der Waals surface area contributed by atoms with E-state index in [1.807, 2.05) is 30.3 Å². The summed E-state index contributed by atoms with van der Waals surface area (Å²) in [6.45, 7) is 2.87. The van der Waals surface area contributed by atoms with E-state index in [1.165, 1.54) is 5.56 Å². The van der Waals surface area contributed by atoms with Crippen LogP contribution in [0.4, 0.5) is 17.5 Å². The van der Waals surface area contributed by atoms with Crippen molar-refractivity contribution in [2.75, 3.05) is 23.8 Å². The lowest BCUT2D eigenvalue weighted by Gasteiger charge is -2.11. The van der Waals surface area contributed by atoms with Gasteiger partial charge in [-0.05, 0) is 37.1 Å². The van der Waals surface area contributed by atoms with Gasteiger partial charge in [0.05, 0.1) is 17.9 Å². The van der Waals surface area contributed by atoms with Crippen LogP contribution in [0, 0.1) is 0 Å². The number of ether oxygens (including phenoxy) is 1. The third-order valence-corrected chi connectivity index (χ3v) is 3.89. The molecule has 0 aliphatic carbocycles. The van der Waals surface area contributed by atoms with Crippen LogP contribution >= 0.6 is 0 Å². The van der Waals surface area contributed by atoms with E-state index in [2.05, 4.69) is 32.7 Å². The van der Waals surface area contributed by atoms with Gasteiger partial charge in [0.25, 0.3) is 0 Å². The van der Waals surface area contributed by atoms with Gasteiger partial charge in [-0.1, -0.05) is 42.5 Å². The molecule has 138 valence electrons. The Morgan fingerprint density at radius 3 is 2.63 bits per heavy atom. The molecule has 0 fully saturated rings. The van der Waals surface area contributed by atoms with E-state index < -0.39 is 0 Å². The summed E-state index contributed by atoms with van der Waals surface area (Å²) in [6.07, 6.45) is 2.58. The predicted octanol–water partition coefficient (Wildman–Crippen LogP) is 4.05. The summed E-state index contributed by atoms with van der Waals surface area (Å²) in [6, 6.07) is 19.2. The van der Waals surface area contributed by atoms with Crippen molar-refractivity contribution in [3.8, 4) is 0 Å². The molecule has 0 amide bonds.